The number of fused-ring (bicyclic) bond motifs is 1. The van der Waals surface area contributed by atoms with Crippen LogP contribution in [-0.4, -0.2) is 21.3 Å². The molecule has 1 aliphatic heterocycles. The first-order valence-electron chi connectivity index (χ1n) is 5.49. The molecule has 1 saturated heterocycles. The van der Waals surface area contributed by atoms with Crippen LogP contribution in [0.2, 0.25) is 5.02 Å². The minimum atomic E-state index is -0.183. The van der Waals surface area contributed by atoms with Crippen LogP contribution in [0, 0.1) is 0 Å². The molecule has 1 aliphatic rings. The SMILES string of the molecule is Cn1c(=O)n(CC2(C)CO2)c2ccc(Cl)cc21. The average molecular weight is 253 g/mol. The second-order valence-corrected chi connectivity index (χ2v) is 5.24. The number of imidazole rings is 1. The third-order valence-corrected chi connectivity index (χ3v) is 3.47. The van der Waals surface area contributed by atoms with Gasteiger partial charge in [0.25, 0.3) is 0 Å². The van der Waals surface area contributed by atoms with Crippen molar-refractivity contribution < 1.29 is 4.74 Å². The number of hydrogen-bond acceptors (Lipinski definition) is 2. The topological polar surface area (TPSA) is 39.5 Å². The number of halogens is 1. The Morgan fingerprint density at radius 1 is 1.47 bits per heavy atom. The molecule has 1 unspecified atom stereocenters. The Kier molecular flexibility index (Phi) is 2.15. The largest absolute Gasteiger partial charge is 0.368 e. The lowest BCUT2D eigenvalue weighted by Crippen LogP contribution is -2.27. The molecule has 2 heterocycles. The van der Waals surface area contributed by atoms with Crippen LogP contribution in [0.1, 0.15) is 6.92 Å². The van der Waals surface area contributed by atoms with E-state index in [1.807, 2.05) is 19.1 Å². The van der Waals surface area contributed by atoms with Crippen molar-refractivity contribution in [2.24, 2.45) is 7.05 Å². The van der Waals surface area contributed by atoms with Crippen molar-refractivity contribution in [3.63, 3.8) is 0 Å². The van der Waals surface area contributed by atoms with Gasteiger partial charge in [-0.05, 0) is 25.1 Å². The van der Waals surface area contributed by atoms with Crippen molar-refractivity contribution in [2.45, 2.75) is 19.1 Å². The van der Waals surface area contributed by atoms with Crippen molar-refractivity contribution in [1.29, 1.82) is 0 Å². The highest BCUT2D eigenvalue weighted by atomic mass is 35.5. The Labute approximate surface area is 103 Å². The monoisotopic (exact) mass is 252 g/mol. The predicted molar refractivity (Wildman–Crippen MR) is 66.5 cm³/mol. The summed E-state index contributed by atoms with van der Waals surface area (Å²) in [7, 11) is 1.76. The smallest absolute Gasteiger partial charge is 0.328 e. The van der Waals surface area contributed by atoms with Crippen LogP contribution in [0.5, 0.6) is 0 Å². The summed E-state index contributed by atoms with van der Waals surface area (Å²) in [5.41, 5.74) is 1.54. The lowest BCUT2D eigenvalue weighted by Gasteiger charge is -2.06. The summed E-state index contributed by atoms with van der Waals surface area (Å²) in [6.07, 6.45) is 0. The number of hydrogen-bond donors (Lipinski definition) is 0. The minimum absolute atomic E-state index is 0.0287. The van der Waals surface area contributed by atoms with Gasteiger partial charge in [0.1, 0.15) is 5.60 Å². The molecule has 5 heteroatoms. The average Bonchev–Trinajstić information content (AvgIpc) is 2.98. The summed E-state index contributed by atoms with van der Waals surface area (Å²) in [6, 6.07) is 5.49. The lowest BCUT2D eigenvalue weighted by atomic mass is 10.2. The minimum Gasteiger partial charge on any atom is -0.368 e. The van der Waals surface area contributed by atoms with Gasteiger partial charge in [0.2, 0.25) is 0 Å². The molecule has 1 aromatic heterocycles. The summed E-state index contributed by atoms with van der Waals surface area (Å²) in [4.78, 5) is 12.1. The summed E-state index contributed by atoms with van der Waals surface area (Å²) in [5.74, 6) is 0. The lowest BCUT2D eigenvalue weighted by molar-refractivity contribution is 0.293. The zero-order valence-corrected chi connectivity index (χ0v) is 10.5. The normalized spacial score (nSPS) is 23.2. The van der Waals surface area contributed by atoms with E-state index in [1.54, 1.807) is 22.2 Å². The van der Waals surface area contributed by atoms with Gasteiger partial charge in [-0.25, -0.2) is 4.79 Å². The first-order chi connectivity index (χ1) is 8.00. The molecule has 1 aromatic carbocycles. The van der Waals surface area contributed by atoms with Gasteiger partial charge in [0.15, 0.2) is 0 Å². The maximum Gasteiger partial charge on any atom is 0.328 e. The van der Waals surface area contributed by atoms with Crippen LogP contribution < -0.4 is 5.69 Å². The van der Waals surface area contributed by atoms with Crippen molar-refractivity contribution in [1.82, 2.24) is 9.13 Å². The summed E-state index contributed by atoms with van der Waals surface area (Å²) in [6.45, 7) is 3.31. The summed E-state index contributed by atoms with van der Waals surface area (Å²) in [5, 5.41) is 0.638. The van der Waals surface area contributed by atoms with E-state index in [9.17, 15) is 4.79 Å². The van der Waals surface area contributed by atoms with E-state index in [0.717, 1.165) is 11.0 Å². The molecule has 3 rings (SSSR count). The van der Waals surface area contributed by atoms with Gasteiger partial charge in [-0.15, -0.1) is 0 Å². The van der Waals surface area contributed by atoms with Crippen LogP contribution in [0.15, 0.2) is 23.0 Å². The van der Waals surface area contributed by atoms with Crippen LogP contribution in [0.3, 0.4) is 0 Å². The molecule has 0 bridgehead atoms. The third-order valence-electron chi connectivity index (χ3n) is 3.24. The molecule has 90 valence electrons. The van der Waals surface area contributed by atoms with Crippen molar-refractivity contribution in [3.05, 3.63) is 33.7 Å². The predicted octanol–water partition coefficient (Wildman–Crippen LogP) is 1.78. The standard InChI is InChI=1S/C12H13ClN2O2/c1-12(7-17-12)6-15-9-4-3-8(13)5-10(9)14(2)11(15)16/h3-5H,6-7H2,1-2H3. The molecule has 0 saturated carbocycles. The van der Waals surface area contributed by atoms with Gasteiger partial charge in [-0.1, -0.05) is 11.6 Å². The first-order valence-corrected chi connectivity index (χ1v) is 5.87. The molecule has 4 nitrogen and oxygen atoms in total. The molecule has 2 aromatic rings. The van der Waals surface area contributed by atoms with E-state index in [2.05, 4.69) is 0 Å². The highest BCUT2D eigenvalue weighted by Crippen LogP contribution is 2.29. The Balaban J connectivity index is 2.23. The van der Waals surface area contributed by atoms with Gasteiger partial charge < -0.3 is 4.74 Å². The van der Waals surface area contributed by atoms with E-state index in [0.29, 0.717) is 18.2 Å². The van der Waals surface area contributed by atoms with Crippen molar-refractivity contribution in [2.75, 3.05) is 6.61 Å². The molecular formula is C12H13ClN2O2. The fourth-order valence-electron chi connectivity index (χ4n) is 2.08. The fraction of sp³-hybridized carbons (Fsp3) is 0.417. The van der Waals surface area contributed by atoms with Crippen LogP contribution in [0.25, 0.3) is 11.0 Å². The molecule has 1 atom stereocenters. The van der Waals surface area contributed by atoms with Gasteiger partial charge in [0, 0.05) is 12.1 Å². The second-order valence-electron chi connectivity index (χ2n) is 4.80. The molecule has 0 amide bonds. The molecule has 0 aliphatic carbocycles. The molecule has 0 radical (unpaired) electrons. The molecule has 0 N–H and O–H groups in total. The quantitative estimate of drug-likeness (QED) is 0.765. The molecule has 17 heavy (non-hydrogen) atoms. The summed E-state index contributed by atoms with van der Waals surface area (Å²) < 4.78 is 8.71. The van der Waals surface area contributed by atoms with Crippen LogP contribution in [-0.2, 0) is 18.3 Å². The molecule has 1 fully saturated rings. The number of aryl methyl sites for hydroxylation is 1. The van der Waals surface area contributed by atoms with Crippen LogP contribution in [0.4, 0.5) is 0 Å². The van der Waals surface area contributed by atoms with E-state index >= 15 is 0 Å². The first kappa shape index (κ1) is 10.9. The number of benzene rings is 1. The van der Waals surface area contributed by atoms with E-state index in [4.69, 9.17) is 16.3 Å². The zero-order valence-electron chi connectivity index (χ0n) is 9.74. The van der Waals surface area contributed by atoms with Gasteiger partial charge in [-0.3, -0.25) is 9.13 Å². The Morgan fingerprint density at radius 2 is 2.18 bits per heavy atom. The Hall–Kier alpha value is -1.26. The number of ether oxygens (including phenoxy) is 1. The van der Waals surface area contributed by atoms with Crippen molar-refractivity contribution in [3.8, 4) is 0 Å². The van der Waals surface area contributed by atoms with E-state index < -0.39 is 0 Å². The maximum absolute atomic E-state index is 12.1. The number of aromatic nitrogens is 2. The van der Waals surface area contributed by atoms with Gasteiger partial charge >= 0.3 is 5.69 Å². The molecular weight excluding hydrogens is 240 g/mol. The Morgan fingerprint density at radius 3 is 2.82 bits per heavy atom. The number of epoxide rings is 1. The van der Waals surface area contributed by atoms with E-state index in [1.165, 1.54) is 0 Å². The zero-order chi connectivity index (χ0) is 12.2. The van der Waals surface area contributed by atoms with Gasteiger partial charge in [0.05, 0.1) is 24.2 Å². The van der Waals surface area contributed by atoms with Crippen molar-refractivity contribution >= 4 is 22.6 Å². The second kappa shape index (κ2) is 3.37. The molecule has 0 spiro atoms. The van der Waals surface area contributed by atoms with E-state index in [-0.39, 0.29) is 11.3 Å². The van der Waals surface area contributed by atoms with Gasteiger partial charge in [-0.2, -0.15) is 0 Å². The Bertz CT molecular complexity index is 652. The number of nitrogens with zero attached hydrogens (tertiary/aromatic N) is 2. The highest BCUT2D eigenvalue weighted by molar-refractivity contribution is 6.31. The third kappa shape index (κ3) is 1.68. The summed E-state index contributed by atoms with van der Waals surface area (Å²) >= 11 is 5.95. The van der Waals surface area contributed by atoms with Crippen LogP contribution >= 0.6 is 11.6 Å². The fourth-order valence-corrected chi connectivity index (χ4v) is 2.25. The maximum atomic E-state index is 12.1. The number of rotatable bonds is 2. The highest BCUT2D eigenvalue weighted by Gasteiger charge is 2.40.